The molecule has 1 aromatic carbocycles. The number of rotatable bonds is 4. The van der Waals surface area contributed by atoms with Gasteiger partial charge in [-0.1, -0.05) is 12.1 Å². The number of hydrogen-bond acceptors (Lipinski definition) is 7. The van der Waals surface area contributed by atoms with E-state index in [0.29, 0.717) is 12.3 Å². The first kappa shape index (κ1) is 13.6. The van der Waals surface area contributed by atoms with Crippen LogP contribution >= 0.6 is 12.2 Å². The summed E-state index contributed by atoms with van der Waals surface area (Å²) in [4.78, 5) is 3.83. The van der Waals surface area contributed by atoms with Crippen LogP contribution in [0.3, 0.4) is 0 Å². The lowest BCUT2D eigenvalue weighted by atomic mass is 10.1. The van der Waals surface area contributed by atoms with Gasteiger partial charge in [0.05, 0.1) is 11.7 Å². The molecule has 2 N–H and O–H groups in total. The molecular weight excluding hydrogens is 282 g/mol. The van der Waals surface area contributed by atoms with Crippen molar-refractivity contribution < 1.29 is 24.4 Å². The summed E-state index contributed by atoms with van der Waals surface area (Å²) < 4.78 is 15.9. The Bertz CT molecular complexity index is 530. The largest absolute Gasteiger partial charge is 0.462 e. The maximum Gasteiger partial charge on any atom is 0.231 e. The zero-order valence-corrected chi connectivity index (χ0v) is 11.2. The van der Waals surface area contributed by atoms with E-state index in [1.54, 1.807) is 12.1 Å². The highest BCUT2D eigenvalue weighted by atomic mass is 32.1. The summed E-state index contributed by atoms with van der Waals surface area (Å²) in [5.41, 5.74) is 0.963. The lowest BCUT2D eigenvalue weighted by Gasteiger charge is -2.29. The summed E-state index contributed by atoms with van der Waals surface area (Å²) in [7, 11) is 0. The van der Waals surface area contributed by atoms with Crippen LogP contribution in [-0.4, -0.2) is 46.3 Å². The summed E-state index contributed by atoms with van der Waals surface area (Å²) >= 11 is 4.50. The lowest BCUT2D eigenvalue weighted by molar-refractivity contribution is -0.207. The quantitative estimate of drug-likeness (QED) is 0.477. The number of fused-ring (bicyclic) bond motifs is 1. The van der Waals surface area contributed by atoms with Crippen LogP contribution in [0.5, 0.6) is 5.75 Å². The van der Waals surface area contributed by atoms with Gasteiger partial charge >= 0.3 is 0 Å². The van der Waals surface area contributed by atoms with Crippen LogP contribution in [0.1, 0.15) is 5.56 Å². The van der Waals surface area contributed by atoms with Gasteiger partial charge in [0.15, 0.2) is 6.29 Å². The summed E-state index contributed by atoms with van der Waals surface area (Å²) in [5, 5.41) is 21.9. The lowest BCUT2D eigenvalue weighted by Crippen LogP contribution is -2.50. The molecule has 1 aromatic rings. The fraction of sp³-hybridized carbons (Fsp3) is 0.462. The first-order valence-electron chi connectivity index (χ1n) is 6.15. The van der Waals surface area contributed by atoms with E-state index >= 15 is 0 Å². The Morgan fingerprint density at radius 2 is 1.95 bits per heavy atom. The molecule has 0 spiro atoms. The van der Waals surface area contributed by atoms with Crippen LogP contribution in [0.15, 0.2) is 29.3 Å². The van der Waals surface area contributed by atoms with Crippen molar-refractivity contribution in [3.05, 3.63) is 29.8 Å². The molecule has 0 aliphatic carbocycles. The van der Waals surface area contributed by atoms with E-state index in [-0.39, 0.29) is 0 Å². The molecule has 2 heterocycles. The molecule has 5 atom stereocenters. The van der Waals surface area contributed by atoms with Crippen molar-refractivity contribution in [3.8, 4) is 5.75 Å². The number of nitrogens with zero attached hydrogens (tertiary/aromatic N) is 1. The third kappa shape index (κ3) is 2.73. The van der Waals surface area contributed by atoms with E-state index in [1.807, 2.05) is 12.1 Å². The molecule has 0 saturated carbocycles. The van der Waals surface area contributed by atoms with Gasteiger partial charge in [0.2, 0.25) is 6.29 Å². The van der Waals surface area contributed by atoms with Gasteiger partial charge in [-0.25, -0.2) is 4.99 Å². The molecule has 0 amide bonds. The minimum Gasteiger partial charge on any atom is -0.462 e. The second-order valence-electron chi connectivity index (χ2n) is 4.62. The number of epoxide rings is 1. The number of isothiocyanates is 1. The minimum absolute atomic E-state index is 0.445. The number of thiocarbonyl (C=S) groups is 1. The first-order valence-corrected chi connectivity index (χ1v) is 6.56. The maximum absolute atomic E-state index is 9.85. The Labute approximate surface area is 120 Å². The SMILES string of the molecule is OC1C(Oc2ccc(CN=C=S)cc2)OC2OC2C1O. The Kier molecular flexibility index (Phi) is 3.80. The molecule has 6 nitrogen and oxygen atoms in total. The van der Waals surface area contributed by atoms with Gasteiger partial charge in [-0.2, -0.15) is 0 Å². The van der Waals surface area contributed by atoms with Crippen LogP contribution < -0.4 is 4.74 Å². The smallest absolute Gasteiger partial charge is 0.231 e. The number of ether oxygens (including phenoxy) is 3. The Balaban J connectivity index is 1.63. The number of benzene rings is 1. The van der Waals surface area contributed by atoms with Gasteiger partial charge in [-0.15, -0.1) is 0 Å². The van der Waals surface area contributed by atoms with Crippen LogP contribution in [0.25, 0.3) is 0 Å². The maximum atomic E-state index is 9.85. The van der Waals surface area contributed by atoms with Crippen LogP contribution in [0.2, 0.25) is 0 Å². The van der Waals surface area contributed by atoms with E-state index in [1.165, 1.54) is 0 Å². The molecule has 3 rings (SSSR count). The van der Waals surface area contributed by atoms with Crippen molar-refractivity contribution in [2.75, 3.05) is 0 Å². The van der Waals surface area contributed by atoms with Crippen molar-refractivity contribution in [3.63, 3.8) is 0 Å². The number of aliphatic imine (C=N–C) groups is 1. The summed E-state index contributed by atoms with van der Waals surface area (Å²) in [5.74, 6) is 0.524. The molecule has 7 heteroatoms. The van der Waals surface area contributed by atoms with Crippen molar-refractivity contribution in [2.24, 2.45) is 4.99 Å². The molecule has 0 bridgehead atoms. The minimum atomic E-state index is -1.14. The fourth-order valence-corrected chi connectivity index (χ4v) is 2.12. The monoisotopic (exact) mass is 295 g/mol. The Hall–Kier alpha value is -1.34. The first-order chi connectivity index (χ1) is 9.69. The third-order valence-corrected chi connectivity index (χ3v) is 3.35. The summed E-state index contributed by atoms with van der Waals surface area (Å²) in [6.45, 7) is 0.461. The van der Waals surface area contributed by atoms with Gasteiger partial charge in [0.25, 0.3) is 0 Å². The van der Waals surface area contributed by atoms with Crippen LogP contribution in [-0.2, 0) is 16.0 Å². The highest BCUT2D eigenvalue weighted by Crippen LogP contribution is 2.36. The number of aliphatic hydroxyl groups is 2. The molecule has 106 valence electrons. The zero-order chi connectivity index (χ0) is 14.1. The topological polar surface area (TPSA) is 83.8 Å². The van der Waals surface area contributed by atoms with E-state index < -0.39 is 30.9 Å². The van der Waals surface area contributed by atoms with Crippen molar-refractivity contribution in [1.82, 2.24) is 0 Å². The molecule has 20 heavy (non-hydrogen) atoms. The van der Waals surface area contributed by atoms with Crippen molar-refractivity contribution in [2.45, 2.75) is 37.4 Å². The normalized spacial score (nSPS) is 34.8. The second kappa shape index (κ2) is 5.57. The highest BCUT2D eigenvalue weighted by Gasteiger charge is 2.57. The predicted octanol–water partition coefficient (Wildman–Crippen LogP) is 0.471. The average Bonchev–Trinajstić information content (AvgIpc) is 3.23. The van der Waals surface area contributed by atoms with E-state index in [9.17, 15) is 10.2 Å². The summed E-state index contributed by atoms with van der Waals surface area (Å²) in [6.07, 6.45) is -4.01. The van der Waals surface area contributed by atoms with E-state index in [2.05, 4.69) is 22.4 Å². The fourth-order valence-electron chi connectivity index (χ4n) is 2.06. The van der Waals surface area contributed by atoms with E-state index in [0.717, 1.165) is 5.56 Å². The van der Waals surface area contributed by atoms with Crippen LogP contribution in [0, 0.1) is 0 Å². The van der Waals surface area contributed by atoms with Crippen LogP contribution in [0.4, 0.5) is 0 Å². The van der Waals surface area contributed by atoms with Crippen molar-refractivity contribution in [1.29, 1.82) is 0 Å². The number of aliphatic hydroxyl groups excluding tert-OH is 2. The highest BCUT2D eigenvalue weighted by molar-refractivity contribution is 7.78. The molecule has 0 aromatic heterocycles. The summed E-state index contributed by atoms with van der Waals surface area (Å²) in [6, 6.07) is 7.12. The Morgan fingerprint density at radius 1 is 1.20 bits per heavy atom. The molecule has 0 radical (unpaired) electrons. The van der Waals surface area contributed by atoms with E-state index in [4.69, 9.17) is 14.2 Å². The van der Waals surface area contributed by atoms with Gasteiger partial charge in [0, 0.05) is 0 Å². The Morgan fingerprint density at radius 3 is 2.65 bits per heavy atom. The number of hydrogen-bond donors (Lipinski definition) is 2. The predicted molar refractivity (Wildman–Crippen MR) is 71.3 cm³/mol. The standard InChI is InChI=1S/C13H13NO5S/c15-9-10(16)12(19-13-11(9)18-13)17-8-3-1-7(2-4-8)5-14-6-20/h1-4,9-13,15-16H,5H2. The molecule has 2 aliphatic heterocycles. The van der Waals surface area contributed by atoms with Crippen molar-refractivity contribution >= 4 is 17.4 Å². The molecule has 2 fully saturated rings. The molecule has 5 unspecified atom stereocenters. The van der Waals surface area contributed by atoms with Gasteiger partial charge in [0.1, 0.15) is 24.1 Å². The molecular formula is C13H13NO5S. The zero-order valence-electron chi connectivity index (χ0n) is 10.4. The third-order valence-electron chi connectivity index (χ3n) is 3.22. The van der Waals surface area contributed by atoms with Gasteiger partial charge < -0.3 is 24.4 Å². The van der Waals surface area contributed by atoms with Gasteiger partial charge in [-0.05, 0) is 29.9 Å². The molecule has 2 aliphatic rings. The average molecular weight is 295 g/mol. The molecule has 2 saturated heterocycles. The van der Waals surface area contributed by atoms with Gasteiger partial charge in [-0.3, -0.25) is 0 Å². The second-order valence-corrected chi connectivity index (χ2v) is 4.81.